The Morgan fingerprint density at radius 2 is 1.67 bits per heavy atom. The lowest BCUT2D eigenvalue weighted by Gasteiger charge is -2.23. The number of hydrogen-bond donors (Lipinski definition) is 1. The summed E-state index contributed by atoms with van der Waals surface area (Å²) >= 11 is 1.74. The van der Waals surface area contributed by atoms with Crippen molar-refractivity contribution in [2.75, 3.05) is 5.73 Å². The van der Waals surface area contributed by atoms with E-state index in [0.717, 1.165) is 5.00 Å². The molecule has 1 aromatic heterocycles. The molecule has 0 saturated heterocycles. The number of nitrogens with zero attached hydrogens (tertiary/aromatic N) is 1. The first-order chi connectivity index (χ1) is 8.50. The fourth-order valence-corrected chi connectivity index (χ4v) is 4.41. The summed E-state index contributed by atoms with van der Waals surface area (Å²) < 4.78 is 0. The molecule has 1 aliphatic rings. The molecule has 1 aromatic rings. The van der Waals surface area contributed by atoms with E-state index in [1.807, 2.05) is 0 Å². The van der Waals surface area contributed by atoms with Crippen LogP contribution in [0.1, 0.15) is 75.9 Å². The van der Waals surface area contributed by atoms with E-state index in [9.17, 15) is 0 Å². The summed E-state index contributed by atoms with van der Waals surface area (Å²) in [6.45, 7) is 9.11. The van der Waals surface area contributed by atoms with E-state index in [2.05, 4.69) is 27.7 Å². The number of thiazole rings is 1. The van der Waals surface area contributed by atoms with Crippen molar-refractivity contribution in [3.05, 3.63) is 10.7 Å². The maximum atomic E-state index is 6.24. The SMILES string of the molecule is CC(C)C(c1nc(C2CCCC2)sc1N)C(C)C. The van der Waals surface area contributed by atoms with Crippen LogP contribution in [0.15, 0.2) is 0 Å². The molecule has 0 bridgehead atoms. The van der Waals surface area contributed by atoms with Crippen LogP contribution in [-0.2, 0) is 0 Å². The second kappa shape index (κ2) is 5.60. The van der Waals surface area contributed by atoms with Gasteiger partial charge < -0.3 is 5.73 Å². The zero-order valence-electron chi connectivity index (χ0n) is 12.1. The van der Waals surface area contributed by atoms with Crippen LogP contribution in [-0.4, -0.2) is 4.98 Å². The smallest absolute Gasteiger partial charge is 0.110 e. The van der Waals surface area contributed by atoms with E-state index in [-0.39, 0.29) is 0 Å². The van der Waals surface area contributed by atoms with Crippen LogP contribution < -0.4 is 5.73 Å². The minimum atomic E-state index is 0.497. The van der Waals surface area contributed by atoms with Gasteiger partial charge in [-0.25, -0.2) is 4.98 Å². The lowest BCUT2D eigenvalue weighted by molar-refractivity contribution is 0.381. The van der Waals surface area contributed by atoms with Crippen LogP contribution in [0.25, 0.3) is 0 Å². The molecule has 1 heterocycles. The molecule has 1 saturated carbocycles. The predicted molar refractivity (Wildman–Crippen MR) is 80.2 cm³/mol. The number of hydrogen-bond acceptors (Lipinski definition) is 3. The Kier molecular flexibility index (Phi) is 4.31. The Bertz CT molecular complexity index is 381. The predicted octanol–water partition coefficient (Wildman–Crippen LogP) is 4.78. The fraction of sp³-hybridized carbons (Fsp3) is 0.800. The Labute approximate surface area is 115 Å². The Morgan fingerprint density at radius 3 is 2.17 bits per heavy atom. The molecule has 102 valence electrons. The van der Waals surface area contributed by atoms with Gasteiger partial charge in [-0.1, -0.05) is 40.5 Å². The van der Waals surface area contributed by atoms with Crippen molar-refractivity contribution < 1.29 is 0 Å². The van der Waals surface area contributed by atoms with Gasteiger partial charge in [0.15, 0.2) is 0 Å². The van der Waals surface area contributed by atoms with Crippen LogP contribution in [0.4, 0.5) is 5.00 Å². The second-order valence-corrected chi connectivity index (χ2v) is 7.36. The third-order valence-corrected chi connectivity index (χ3v) is 5.22. The summed E-state index contributed by atoms with van der Waals surface area (Å²) in [4.78, 5) is 4.93. The molecule has 0 aliphatic heterocycles. The minimum Gasteiger partial charge on any atom is -0.389 e. The van der Waals surface area contributed by atoms with Gasteiger partial charge in [0.2, 0.25) is 0 Å². The van der Waals surface area contributed by atoms with Gasteiger partial charge in [0.05, 0.1) is 10.7 Å². The van der Waals surface area contributed by atoms with E-state index in [4.69, 9.17) is 10.7 Å². The molecule has 18 heavy (non-hydrogen) atoms. The highest BCUT2D eigenvalue weighted by atomic mass is 32.1. The highest BCUT2D eigenvalue weighted by Crippen LogP contribution is 2.42. The summed E-state index contributed by atoms with van der Waals surface area (Å²) in [6.07, 6.45) is 5.33. The molecule has 0 atom stereocenters. The zero-order chi connectivity index (χ0) is 13.3. The summed E-state index contributed by atoms with van der Waals surface area (Å²) in [5.74, 6) is 2.39. The average Bonchev–Trinajstić information content (AvgIpc) is 2.87. The monoisotopic (exact) mass is 266 g/mol. The summed E-state index contributed by atoms with van der Waals surface area (Å²) in [6, 6.07) is 0. The zero-order valence-corrected chi connectivity index (χ0v) is 12.9. The van der Waals surface area contributed by atoms with Crippen molar-refractivity contribution in [3.63, 3.8) is 0 Å². The van der Waals surface area contributed by atoms with Crippen LogP contribution in [0.5, 0.6) is 0 Å². The summed E-state index contributed by atoms with van der Waals surface area (Å²) in [5, 5.41) is 2.26. The summed E-state index contributed by atoms with van der Waals surface area (Å²) in [7, 11) is 0. The van der Waals surface area contributed by atoms with Gasteiger partial charge in [-0.05, 0) is 24.7 Å². The number of nitrogens with two attached hydrogens (primary N) is 1. The molecule has 0 aromatic carbocycles. The van der Waals surface area contributed by atoms with Crippen molar-refractivity contribution in [3.8, 4) is 0 Å². The van der Waals surface area contributed by atoms with Gasteiger partial charge in [0, 0.05) is 11.8 Å². The van der Waals surface area contributed by atoms with Crippen LogP contribution in [0, 0.1) is 11.8 Å². The largest absolute Gasteiger partial charge is 0.389 e. The number of rotatable bonds is 4. The van der Waals surface area contributed by atoms with Gasteiger partial charge in [-0.15, -0.1) is 11.3 Å². The van der Waals surface area contributed by atoms with Gasteiger partial charge in [-0.2, -0.15) is 0 Å². The Morgan fingerprint density at radius 1 is 1.11 bits per heavy atom. The highest BCUT2D eigenvalue weighted by Gasteiger charge is 2.28. The van der Waals surface area contributed by atoms with E-state index in [0.29, 0.717) is 23.7 Å². The Balaban J connectivity index is 2.27. The molecular formula is C15H26N2S. The molecule has 3 heteroatoms. The Hall–Kier alpha value is -0.570. The van der Waals surface area contributed by atoms with Gasteiger partial charge in [0.25, 0.3) is 0 Å². The van der Waals surface area contributed by atoms with Crippen molar-refractivity contribution in [2.24, 2.45) is 11.8 Å². The second-order valence-electron chi connectivity index (χ2n) is 6.30. The van der Waals surface area contributed by atoms with Crippen LogP contribution in [0.2, 0.25) is 0 Å². The fourth-order valence-electron chi connectivity index (χ4n) is 3.35. The number of anilines is 1. The molecule has 0 unspecified atom stereocenters. The lowest BCUT2D eigenvalue weighted by Crippen LogP contribution is -2.15. The topological polar surface area (TPSA) is 38.9 Å². The molecule has 0 amide bonds. The molecule has 0 spiro atoms. The molecule has 2 nitrogen and oxygen atoms in total. The van der Waals surface area contributed by atoms with E-state index in [1.165, 1.54) is 36.4 Å². The number of aromatic nitrogens is 1. The minimum absolute atomic E-state index is 0.497. The van der Waals surface area contributed by atoms with Crippen molar-refractivity contribution in [1.29, 1.82) is 0 Å². The maximum Gasteiger partial charge on any atom is 0.110 e. The number of nitrogen functional groups attached to an aromatic ring is 1. The van der Waals surface area contributed by atoms with Crippen LogP contribution >= 0.6 is 11.3 Å². The van der Waals surface area contributed by atoms with Gasteiger partial charge in [-0.3, -0.25) is 0 Å². The molecule has 2 rings (SSSR count). The van der Waals surface area contributed by atoms with E-state index >= 15 is 0 Å². The maximum absolute atomic E-state index is 6.24. The van der Waals surface area contributed by atoms with E-state index < -0.39 is 0 Å². The van der Waals surface area contributed by atoms with Gasteiger partial charge in [0.1, 0.15) is 5.00 Å². The third-order valence-electron chi connectivity index (χ3n) is 4.15. The molecule has 1 fully saturated rings. The summed E-state index contributed by atoms with van der Waals surface area (Å²) in [5.41, 5.74) is 7.41. The van der Waals surface area contributed by atoms with Crippen LogP contribution in [0.3, 0.4) is 0 Å². The quantitative estimate of drug-likeness (QED) is 0.852. The standard InChI is InChI=1S/C15H26N2S/c1-9(2)12(10(3)4)13-14(16)18-15(17-13)11-7-5-6-8-11/h9-12H,5-8,16H2,1-4H3. The third kappa shape index (κ3) is 2.71. The van der Waals surface area contributed by atoms with E-state index in [1.54, 1.807) is 11.3 Å². The normalized spacial score (nSPS) is 17.5. The first kappa shape index (κ1) is 13.9. The van der Waals surface area contributed by atoms with Crippen molar-refractivity contribution >= 4 is 16.3 Å². The van der Waals surface area contributed by atoms with Crippen molar-refractivity contribution in [1.82, 2.24) is 4.98 Å². The molecule has 0 radical (unpaired) electrons. The molecular weight excluding hydrogens is 240 g/mol. The van der Waals surface area contributed by atoms with Crippen molar-refractivity contribution in [2.45, 2.75) is 65.2 Å². The highest BCUT2D eigenvalue weighted by molar-refractivity contribution is 7.15. The lowest BCUT2D eigenvalue weighted by atomic mass is 9.83. The molecule has 1 aliphatic carbocycles. The average molecular weight is 266 g/mol. The molecule has 2 N–H and O–H groups in total. The van der Waals surface area contributed by atoms with Gasteiger partial charge >= 0.3 is 0 Å². The first-order valence-corrected chi connectivity index (χ1v) is 8.08. The first-order valence-electron chi connectivity index (χ1n) is 7.26.